The summed E-state index contributed by atoms with van der Waals surface area (Å²) in [4.78, 5) is 0. The standard InChI is InChI=1S/C17H28BrN/c1-3-5-6-7-8-9-16(14-19-4-2)15-10-12-17(18)13-11-15/h10-13,16,19H,3-9,14H2,1-2H3. The second-order valence-corrected chi connectivity index (χ2v) is 6.17. The lowest BCUT2D eigenvalue weighted by Gasteiger charge is -2.18. The molecule has 0 bridgehead atoms. The zero-order valence-corrected chi connectivity index (χ0v) is 14.0. The average Bonchev–Trinajstić information content (AvgIpc) is 2.43. The van der Waals surface area contributed by atoms with Crippen LogP contribution in [0.2, 0.25) is 0 Å². The van der Waals surface area contributed by atoms with Crippen molar-refractivity contribution >= 4 is 15.9 Å². The zero-order valence-electron chi connectivity index (χ0n) is 12.4. The van der Waals surface area contributed by atoms with Gasteiger partial charge in [-0.15, -0.1) is 0 Å². The molecule has 0 saturated heterocycles. The van der Waals surface area contributed by atoms with E-state index in [4.69, 9.17) is 0 Å². The monoisotopic (exact) mass is 325 g/mol. The molecule has 2 heteroatoms. The highest BCUT2D eigenvalue weighted by atomic mass is 79.9. The molecule has 1 nitrogen and oxygen atoms in total. The van der Waals surface area contributed by atoms with Crippen LogP contribution in [0.25, 0.3) is 0 Å². The van der Waals surface area contributed by atoms with Crippen molar-refractivity contribution in [3.8, 4) is 0 Å². The molecular formula is C17H28BrN. The first-order chi connectivity index (χ1) is 9.27. The highest BCUT2D eigenvalue weighted by Gasteiger charge is 2.10. The van der Waals surface area contributed by atoms with Crippen LogP contribution in [0.4, 0.5) is 0 Å². The summed E-state index contributed by atoms with van der Waals surface area (Å²) in [6.45, 7) is 6.62. The fraction of sp³-hybridized carbons (Fsp3) is 0.647. The maximum atomic E-state index is 3.51. The molecule has 0 aromatic heterocycles. The molecule has 19 heavy (non-hydrogen) atoms. The molecule has 0 amide bonds. The van der Waals surface area contributed by atoms with Crippen molar-refractivity contribution in [3.05, 3.63) is 34.3 Å². The van der Waals surface area contributed by atoms with Crippen LogP contribution in [0.3, 0.4) is 0 Å². The van der Waals surface area contributed by atoms with Crippen LogP contribution in [0, 0.1) is 0 Å². The molecule has 0 heterocycles. The van der Waals surface area contributed by atoms with Gasteiger partial charge in [-0.2, -0.15) is 0 Å². The number of halogens is 1. The first kappa shape index (κ1) is 16.7. The van der Waals surface area contributed by atoms with Crippen molar-refractivity contribution in [3.63, 3.8) is 0 Å². The Morgan fingerprint density at radius 3 is 2.32 bits per heavy atom. The van der Waals surface area contributed by atoms with Gasteiger partial charge in [0.1, 0.15) is 0 Å². The van der Waals surface area contributed by atoms with Crippen molar-refractivity contribution in [2.24, 2.45) is 0 Å². The SMILES string of the molecule is CCCCCCCC(CNCC)c1ccc(Br)cc1. The topological polar surface area (TPSA) is 12.0 Å². The van der Waals surface area contributed by atoms with Crippen LogP contribution in [-0.2, 0) is 0 Å². The van der Waals surface area contributed by atoms with Gasteiger partial charge in [-0.05, 0) is 36.6 Å². The number of unbranched alkanes of at least 4 members (excludes halogenated alkanes) is 4. The van der Waals surface area contributed by atoms with Crippen LogP contribution in [0.1, 0.15) is 63.9 Å². The van der Waals surface area contributed by atoms with Gasteiger partial charge in [0.2, 0.25) is 0 Å². The molecule has 0 fully saturated rings. The Balaban J connectivity index is 2.44. The number of benzene rings is 1. The minimum absolute atomic E-state index is 0.662. The molecule has 0 aliphatic rings. The number of likely N-dealkylation sites (N-methyl/N-ethyl adjacent to an activating group) is 1. The van der Waals surface area contributed by atoms with Gasteiger partial charge in [0.05, 0.1) is 0 Å². The Morgan fingerprint density at radius 2 is 1.68 bits per heavy atom. The molecule has 0 spiro atoms. The number of rotatable bonds is 10. The van der Waals surface area contributed by atoms with Crippen LogP contribution >= 0.6 is 15.9 Å². The van der Waals surface area contributed by atoms with Gasteiger partial charge in [0.15, 0.2) is 0 Å². The molecule has 108 valence electrons. The zero-order chi connectivity index (χ0) is 13.9. The first-order valence-electron chi connectivity index (χ1n) is 7.74. The molecule has 1 rings (SSSR count). The van der Waals surface area contributed by atoms with Gasteiger partial charge in [-0.3, -0.25) is 0 Å². The lowest BCUT2D eigenvalue weighted by molar-refractivity contribution is 0.516. The third-order valence-corrected chi connectivity index (χ3v) is 4.17. The van der Waals surface area contributed by atoms with E-state index in [1.807, 2.05) is 0 Å². The van der Waals surface area contributed by atoms with Gasteiger partial charge in [0.25, 0.3) is 0 Å². The Morgan fingerprint density at radius 1 is 1.00 bits per heavy atom. The second kappa shape index (κ2) is 10.4. The number of hydrogen-bond donors (Lipinski definition) is 1. The van der Waals surface area contributed by atoms with Crippen molar-refractivity contribution < 1.29 is 0 Å². The lowest BCUT2D eigenvalue weighted by atomic mass is 9.93. The molecular weight excluding hydrogens is 298 g/mol. The minimum Gasteiger partial charge on any atom is -0.316 e. The summed E-state index contributed by atoms with van der Waals surface area (Å²) < 4.78 is 1.17. The Labute approximate surface area is 127 Å². The van der Waals surface area contributed by atoms with E-state index in [1.165, 1.54) is 48.6 Å². The van der Waals surface area contributed by atoms with E-state index >= 15 is 0 Å². The molecule has 0 saturated carbocycles. The molecule has 1 aromatic rings. The Hall–Kier alpha value is -0.340. The first-order valence-corrected chi connectivity index (χ1v) is 8.53. The van der Waals surface area contributed by atoms with E-state index in [0.717, 1.165) is 13.1 Å². The summed E-state index contributed by atoms with van der Waals surface area (Å²) in [7, 11) is 0. The van der Waals surface area contributed by atoms with Gasteiger partial charge in [-0.25, -0.2) is 0 Å². The van der Waals surface area contributed by atoms with Gasteiger partial charge < -0.3 is 5.32 Å². The summed E-state index contributed by atoms with van der Waals surface area (Å²) in [5, 5.41) is 3.50. The lowest BCUT2D eigenvalue weighted by Crippen LogP contribution is -2.21. The third kappa shape index (κ3) is 7.12. The normalized spacial score (nSPS) is 12.6. The quantitative estimate of drug-likeness (QED) is 0.560. The van der Waals surface area contributed by atoms with Crippen LogP contribution in [0.15, 0.2) is 28.7 Å². The minimum atomic E-state index is 0.662. The maximum absolute atomic E-state index is 3.51. The highest BCUT2D eigenvalue weighted by molar-refractivity contribution is 9.10. The highest BCUT2D eigenvalue weighted by Crippen LogP contribution is 2.24. The summed E-state index contributed by atoms with van der Waals surface area (Å²) in [6, 6.07) is 8.84. The molecule has 1 unspecified atom stereocenters. The summed E-state index contributed by atoms with van der Waals surface area (Å²) in [5.41, 5.74) is 1.47. The predicted octanol–water partition coefficient (Wildman–Crippen LogP) is 5.50. The van der Waals surface area contributed by atoms with Gasteiger partial charge in [0, 0.05) is 11.0 Å². The van der Waals surface area contributed by atoms with Crippen LogP contribution in [-0.4, -0.2) is 13.1 Å². The molecule has 0 aliphatic carbocycles. The number of hydrogen-bond acceptors (Lipinski definition) is 1. The summed E-state index contributed by atoms with van der Waals surface area (Å²) in [5.74, 6) is 0.662. The van der Waals surface area contributed by atoms with Crippen LogP contribution in [0.5, 0.6) is 0 Å². The molecule has 1 aromatic carbocycles. The average molecular weight is 326 g/mol. The van der Waals surface area contributed by atoms with Gasteiger partial charge in [-0.1, -0.05) is 74.0 Å². The molecule has 0 radical (unpaired) electrons. The Kier molecular flexibility index (Phi) is 9.19. The third-order valence-electron chi connectivity index (χ3n) is 3.64. The van der Waals surface area contributed by atoms with E-state index in [2.05, 4.69) is 59.4 Å². The van der Waals surface area contributed by atoms with Gasteiger partial charge >= 0.3 is 0 Å². The van der Waals surface area contributed by atoms with E-state index in [0.29, 0.717) is 5.92 Å². The van der Waals surface area contributed by atoms with Crippen molar-refractivity contribution in [1.29, 1.82) is 0 Å². The molecule has 0 aliphatic heterocycles. The van der Waals surface area contributed by atoms with Crippen LogP contribution < -0.4 is 5.32 Å². The molecule has 1 atom stereocenters. The maximum Gasteiger partial charge on any atom is 0.0175 e. The van der Waals surface area contributed by atoms with E-state index in [9.17, 15) is 0 Å². The summed E-state index contributed by atoms with van der Waals surface area (Å²) >= 11 is 3.51. The van der Waals surface area contributed by atoms with Crippen molar-refractivity contribution in [2.75, 3.05) is 13.1 Å². The van der Waals surface area contributed by atoms with E-state index in [-0.39, 0.29) is 0 Å². The summed E-state index contributed by atoms with van der Waals surface area (Å²) in [6.07, 6.45) is 8.14. The Bertz CT molecular complexity index is 321. The molecule has 1 N–H and O–H groups in total. The second-order valence-electron chi connectivity index (χ2n) is 5.26. The largest absolute Gasteiger partial charge is 0.316 e. The van der Waals surface area contributed by atoms with E-state index < -0.39 is 0 Å². The predicted molar refractivity (Wildman–Crippen MR) is 88.8 cm³/mol. The van der Waals surface area contributed by atoms with E-state index in [1.54, 1.807) is 0 Å². The number of nitrogens with one attached hydrogen (secondary N) is 1. The van der Waals surface area contributed by atoms with Crippen molar-refractivity contribution in [1.82, 2.24) is 5.32 Å². The fourth-order valence-electron chi connectivity index (χ4n) is 2.43. The smallest absolute Gasteiger partial charge is 0.0175 e. The fourth-order valence-corrected chi connectivity index (χ4v) is 2.70. The van der Waals surface area contributed by atoms with Crippen molar-refractivity contribution in [2.45, 2.75) is 58.3 Å².